The van der Waals surface area contributed by atoms with E-state index in [9.17, 15) is 9.59 Å². The summed E-state index contributed by atoms with van der Waals surface area (Å²) in [7, 11) is 0. The van der Waals surface area contributed by atoms with E-state index in [-0.39, 0.29) is 12.5 Å². The van der Waals surface area contributed by atoms with Crippen molar-refractivity contribution in [2.45, 2.75) is 31.3 Å². The van der Waals surface area contributed by atoms with Crippen molar-refractivity contribution in [1.82, 2.24) is 10.6 Å². The molecule has 1 aliphatic rings. The van der Waals surface area contributed by atoms with Crippen molar-refractivity contribution >= 4 is 12.0 Å². The van der Waals surface area contributed by atoms with Crippen LogP contribution in [-0.2, 0) is 11.2 Å². The van der Waals surface area contributed by atoms with Crippen LogP contribution in [0.2, 0.25) is 0 Å². The first-order valence-electron chi connectivity index (χ1n) is 5.99. The topological polar surface area (TPSA) is 78.4 Å². The summed E-state index contributed by atoms with van der Waals surface area (Å²) >= 11 is 0. The maximum atomic E-state index is 11.5. The second kappa shape index (κ2) is 5.53. The van der Waals surface area contributed by atoms with Crippen LogP contribution in [0.15, 0.2) is 30.3 Å². The van der Waals surface area contributed by atoms with Crippen LogP contribution >= 0.6 is 0 Å². The van der Waals surface area contributed by atoms with E-state index >= 15 is 0 Å². The summed E-state index contributed by atoms with van der Waals surface area (Å²) < 4.78 is 0. The number of aliphatic carboxylic acids is 1. The van der Waals surface area contributed by atoms with Gasteiger partial charge in [0.15, 0.2) is 0 Å². The molecule has 1 aromatic rings. The standard InChI is InChI=1S/C13H16N2O3/c16-12(17)11(8-9-4-2-1-3-5-9)15-13(18)14-10-6-7-10/h1-5,10-11H,6-8H2,(H,16,17)(H2,14,15,18). The van der Waals surface area contributed by atoms with Gasteiger partial charge in [-0.2, -0.15) is 0 Å². The van der Waals surface area contributed by atoms with Crippen molar-refractivity contribution in [3.63, 3.8) is 0 Å². The molecule has 3 N–H and O–H groups in total. The van der Waals surface area contributed by atoms with Crippen LogP contribution in [0.4, 0.5) is 4.79 Å². The number of hydrogen-bond donors (Lipinski definition) is 3. The van der Waals surface area contributed by atoms with Crippen molar-refractivity contribution in [2.24, 2.45) is 0 Å². The third kappa shape index (κ3) is 3.76. The zero-order valence-electron chi connectivity index (χ0n) is 9.93. The second-order valence-electron chi connectivity index (χ2n) is 4.47. The highest BCUT2D eigenvalue weighted by Gasteiger charge is 2.26. The number of carbonyl (C=O) groups excluding carboxylic acids is 1. The van der Waals surface area contributed by atoms with Gasteiger partial charge in [-0.25, -0.2) is 9.59 Å². The molecule has 1 fully saturated rings. The molecule has 0 spiro atoms. The number of carboxylic acids is 1. The lowest BCUT2D eigenvalue weighted by atomic mass is 10.1. The molecule has 0 aliphatic heterocycles. The molecule has 1 atom stereocenters. The number of urea groups is 1. The Kier molecular flexibility index (Phi) is 3.82. The fourth-order valence-corrected chi connectivity index (χ4v) is 1.66. The Balaban J connectivity index is 1.91. The van der Waals surface area contributed by atoms with Gasteiger partial charge in [-0.3, -0.25) is 0 Å². The van der Waals surface area contributed by atoms with E-state index < -0.39 is 18.0 Å². The quantitative estimate of drug-likeness (QED) is 0.731. The van der Waals surface area contributed by atoms with Gasteiger partial charge in [-0.15, -0.1) is 0 Å². The number of nitrogens with one attached hydrogen (secondary N) is 2. The lowest BCUT2D eigenvalue weighted by molar-refractivity contribution is -0.139. The van der Waals surface area contributed by atoms with E-state index in [1.54, 1.807) is 0 Å². The Hall–Kier alpha value is -2.04. The predicted octanol–water partition coefficient (Wildman–Crippen LogP) is 1.14. The maximum Gasteiger partial charge on any atom is 0.326 e. The number of carbonyl (C=O) groups is 2. The highest BCUT2D eigenvalue weighted by Crippen LogP contribution is 2.18. The monoisotopic (exact) mass is 248 g/mol. The third-order valence-corrected chi connectivity index (χ3v) is 2.80. The molecular formula is C13H16N2O3. The predicted molar refractivity (Wildman–Crippen MR) is 66.3 cm³/mol. The fourth-order valence-electron chi connectivity index (χ4n) is 1.66. The molecule has 5 heteroatoms. The Bertz CT molecular complexity index is 429. The van der Waals surface area contributed by atoms with Crippen LogP contribution in [0.25, 0.3) is 0 Å². The van der Waals surface area contributed by atoms with Crippen LogP contribution in [0.1, 0.15) is 18.4 Å². The summed E-state index contributed by atoms with van der Waals surface area (Å²) in [5, 5.41) is 14.3. The third-order valence-electron chi connectivity index (χ3n) is 2.80. The van der Waals surface area contributed by atoms with Crippen molar-refractivity contribution in [1.29, 1.82) is 0 Å². The summed E-state index contributed by atoms with van der Waals surface area (Å²) in [6, 6.07) is 8.17. The molecule has 1 aliphatic carbocycles. The fraction of sp³-hybridized carbons (Fsp3) is 0.385. The number of hydrogen-bond acceptors (Lipinski definition) is 2. The number of benzene rings is 1. The van der Waals surface area contributed by atoms with E-state index in [1.807, 2.05) is 30.3 Å². The van der Waals surface area contributed by atoms with E-state index in [0.29, 0.717) is 0 Å². The number of amides is 2. The average Bonchev–Trinajstić information content (AvgIpc) is 3.13. The van der Waals surface area contributed by atoms with E-state index in [0.717, 1.165) is 18.4 Å². The molecule has 5 nitrogen and oxygen atoms in total. The largest absolute Gasteiger partial charge is 0.480 e. The molecule has 2 rings (SSSR count). The van der Waals surface area contributed by atoms with Crippen molar-refractivity contribution in [3.8, 4) is 0 Å². The first-order chi connectivity index (χ1) is 8.65. The molecule has 0 bridgehead atoms. The second-order valence-corrected chi connectivity index (χ2v) is 4.47. The van der Waals surface area contributed by atoms with Gasteiger partial charge in [0, 0.05) is 12.5 Å². The molecule has 0 radical (unpaired) electrons. The Morgan fingerprint density at radius 1 is 1.28 bits per heavy atom. The van der Waals surface area contributed by atoms with Crippen molar-refractivity contribution < 1.29 is 14.7 Å². The molecule has 0 saturated heterocycles. The first-order valence-corrected chi connectivity index (χ1v) is 5.99. The lowest BCUT2D eigenvalue weighted by Crippen LogP contribution is -2.47. The SMILES string of the molecule is O=C(NC1CC1)NC(Cc1ccccc1)C(=O)O. The molecule has 0 aromatic heterocycles. The molecule has 1 aromatic carbocycles. The van der Waals surface area contributed by atoms with Crippen LogP contribution in [0, 0.1) is 0 Å². The molecular weight excluding hydrogens is 232 g/mol. The summed E-state index contributed by atoms with van der Waals surface area (Å²) in [4.78, 5) is 22.6. The van der Waals surface area contributed by atoms with Crippen LogP contribution in [0.3, 0.4) is 0 Å². The smallest absolute Gasteiger partial charge is 0.326 e. The Morgan fingerprint density at radius 3 is 2.50 bits per heavy atom. The van der Waals surface area contributed by atoms with Gasteiger partial charge >= 0.3 is 12.0 Å². The lowest BCUT2D eigenvalue weighted by Gasteiger charge is -2.15. The highest BCUT2D eigenvalue weighted by molar-refractivity contribution is 5.83. The van der Waals surface area contributed by atoms with Gasteiger partial charge in [-0.1, -0.05) is 30.3 Å². The van der Waals surface area contributed by atoms with Gasteiger partial charge in [-0.05, 0) is 18.4 Å². The van der Waals surface area contributed by atoms with Gasteiger partial charge in [0.05, 0.1) is 0 Å². The summed E-state index contributed by atoms with van der Waals surface area (Å²) in [5.74, 6) is -1.02. The molecule has 1 unspecified atom stereocenters. The average molecular weight is 248 g/mol. The first kappa shape index (κ1) is 12.4. The Labute approximate surface area is 105 Å². The van der Waals surface area contributed by atoms with Crippen LogP contribution in [0.5, 0.6) is 0 Å². The van der Waals surface area contributed by atoms with Gasteiger partial charge < -0.3 is 15.7 Å². The van der Waals surface area contributed by atoms with E-state index in [4.69, 9.17) is 5.11 Å². The zero-order valence-corrected chi connectivity index (χ0v) is 9.93. The normalized spacial score (nSPS) is 15.8. The molecule has 96 valence electrons. The van der Waals surface area contributed by atoms with Gasteiger partial charge in [0.2, 0.25) is 0 Å². The molecule has 1 saturated carbocycles. The minimum atomic E-state index is -1.02. The minimum absolute atomic E-state index is 0.219. The van der Waals surface area contributed by atoms with E-state index in [1.165, 1.54) is 0 Å². The zero-order chi connectivity index (χ0) is 13.0. The maximum absolute atomic E-state index is 11.5. The van der Waals surface area contributed by atoms with E-state index in [2.05, 4.69) is 10.6 Å². The van der Waals surface area contributed by atoms with Crippen LogP contribution in [-0.4, -0.2) is 29.2 Å². The van der Waals surface area contributed by atoms with Crippen molar-refractivity contribution in [3.05, 3.63) is 35.9 Å². The summed E-state index contributed by atoms with van der Waals surface area (Å²) in [6.07, 6.45) is 2.24. The van der Waals surface area contributed by atoms with Crippen molar-refractivity contribution in [2.75, 3.05) is 0 Å². The summed E-state index contributed by atoms with van der Waals surface area (Å²) in [5.41, 5.74) is 0.886. The molecule has 18 heavy (non-hydrogen) atoms. The summed E-state index contributed by atoms with van der Waals surface area (Å²) in [6.45, 7) is 0. The Morgan fingerprint density at radius 2 is 1.94 bits per heavy atom. The minimum Gasteiger partial charge on any atom is -0.480 e. The number of carboxylic acid groups (broad SMARTS) is 1. The van der Waals surface area contributed by atoms with Crippen LogP contribution < -0.4 is 10.6 Å². The molecule has 0 heterocycles. The number of rotatable bonds is 5. The van der Waals surface area contributed by atoms with Gasteiger partial charge in [0.1, 0.15) is 6.04 Å². The molecule has 2 amide bonds. The van der Waals surface area contributed by atoms with Gasteiger partial charge in [0.25, 0.3) is 0 Å². The highest BCUT2D eigenvalue weighted by atomic mass is 16.4.